The van der Waals surface area contributed by atoms with Gasteiger partial charge in [0, 0.05) is 12.0 Å². The molecule has 0 heterocycles. The molecule has 0 spiro atoms. The van der Waals surface area contributed by atoms with Crippen LogP contribution in [0.5, 0.6) is 0 Å². The normalized spacial score (nSPS) is 8.93. The van der Waals surface area contributed by atoms with E-state index in [-0.39, 0.29) is 0 Å². The molecule has 0 aliphatic heterocycles. The molecule has 0 aromatic heterocycles. The molecule has 0 radical (unpaired) electrons. The summed E-state index contributed by atoms with van der Waals surface area (Å²) in [7, 11) is 0. The van der Waals surface area contributed by atoms with Gasteiger partial charge in [0.05, 0.1) is 10.0 Å². The van der Waals surface area contributed by atoms with Gasteiger partial charge in [-0.1, -0.05) is 29.8 Å². The van der Waals surface area contributed by atoms with E-state index in [0.717, 1.165) is 11.1 Å². The van der Waals surface area contributed by atoms with Crippen LogP contribution >= 0.6 is 23.2 Å². The molecule has 1 aromatic rings. The largest absolute Gasteiger partial charge is 0.128 e. The van der Waals surface area contributed by atoms with Crippen molar-refractivity contribution >= 4 is 29.3 Å². The van der Waals surface area contributed by atoms with Gasteiger partial charge in [-0.15, -0.1) is 18.1 Å². The molecule has 0 bridgehead atoms. The van der Waals surface area contributed by atoms with E-state index in [1.807, 2.05) is 0 Å². The lowest BCUT2D eigenvalue weighted by molar-refractivity contribution is 1.32. The van der Waals surface area contributed by atoms with Gasteiger partial charge >= 0.3 is 0 Å². The van der Waals surface area contributed by atoms with Gasteiger partial charge in [-0.05, 0) is 23.8 Å². The first-order valence-corrected chi connectivity index (χ1v) is 4.72. The third kappa shape index (κ3) is 2.44. The molecule has 0 atom stereocenters. The van der Waals surface area contributed by atoms with E-state index >= 15 is 0 Å². The molecule has 0 amide bonds. The molecule has 0 aliphatic carbocycles. The molecule has 2 heteroatoms. The summed E-state index contributed by atoms with van der Waals surface area (Å²) in [5.74, 6) is 2.53. The van der Waals surface area contributed by atoms with Gasteiger partial charge in [0.25, 0.3) is 0 Å². The minimum Gasteiger partial charge on any atom is -0.128 e. The minimum absolute atomic E-state index is 0.525. The molecule has 0 aliphatic rings. The lowest BCUT2D eigenvalue weighted by atomic mass is 10.1. The predicted octanol–water partition coefficient (Wildman–Crippen LogP) is 3.97. The van der Waals surface area contributed by atoms with E-state index in [9.17, 15) is 0 Å². The van der Waals surface area contributed by atoms with E-state index in [1.54, 1.807) is 18.2 Å². The first-order valence-electron chi connectivity index (χ1n) is 3.96. The van der Waals surface area contributed by atoms with Gasteiger partial charge in [0.1, 0.15) is 0 Å². The summed E-state index contributed by atoms with van der Waals surface area (Å²) in [5.41, 5.74) is 4.29. The number of benzene rings is 1. The highest BCUT2D eigenvalue weighted by Gasteiger charge is 2.04. The second-order valence-corrected chi connectivity index (χ2v) is 3.52. The highest BCUT2D eigenvalue weighted by atomic mass is 35.5. The first kappa shape index (κ1) is 11.0. The number of hydrogen-bond acceptors (Lipinski definition) is 0. The van der Waals surface area contributed by atoms with Crippen molar-refractivity contribution in [2.24, 2.45) is 0 Å². The van der Waals surface area contributed by atoms with Crippen LogP contribution in [0.4, 0.5) is 0 Å². The summed E-state index contributed by atoms with van der Waals surface area (Å²) in [6.07, 6.45) is 7.36. The smallest absolute Gasteiger partial charge is 0.0502 e. The van der Waals surface area contributed by atoms with Crippen molar-refractivity contribution in [1.29, 1.82) is 0 Å². The zero-order valence-electron chi connectivity index (χ0n) is 7.48. The third-order valence-corrected chi connectivity index (χ3v) is 2.32. The second kappa shape index (κ2) is 4.94. The zero-order chi connectivity index (χ0) is 10.6. The molecule has 0 saturated heterocycles. The Morgan fingerprint density at radius 1 is 1.36 bits per heavy atom. The first-order chi connectivity index (χ1) is 6.69. The summed E-state index contributed by atoms with van der Waals surface area (Å²) in [6, 6.07) is 3.60. The van der Waals surface area contributed by atoms with E-state index in [2.05, 4.69) is 18.2 Å². The summed E-state index contributed by atoms with van der Waals surface area (Å²) in [6.45, 7) is 3.47. The van der Waals surface area contributed by atoms with Crippen LogP contribution in [0.1, 0.15) is 11.1 Å². The Hall–Kier alpha value is -1.12. The van der Waals surface area contributed by atoms with Crippen molar-refractivity contribution in [1.82, 2.24) is 0 Å². The quantitative estimate of drug-likeness (QED) is 0.525. The molecule has 0 fully saturated rings. The summed E-state index contributed by atoms with van der Waals surface area (Å²) < 4.78 is 0. The molecular weight excluding hydrogens is 215 g/mol. The Balaban J connectivity index is 3.25. The Morgan fingerprint density at radius 2 is 1.93 bits per heavy atom. The predicted molar refractivity (Wildman–Crippen MR) is 62.6 cm³/mol. The number of halogens is 2. The topological polar surface area (TPSA) is 0 Å². The van der Waals surface area contributed by atoms with Gasteiger partial charge in [-0.25, -0.2) is 0 Å². The minimum atomic E-state index is 0.525. The van der Waals surface area contributed by atoms with Gasteiger partial charge in [-0.2, -0.15) is 0 Å². The fourth-order valence-corrected chi connectivity index (χ4v) is 1.74. The average Bonchev–Trinajstić information content (AvgIpc) is 2.12. The maximum atomic E-state index is 6.00. The van der Waals surface area contributed by atoms with Crippen molar-refractivity contribution in [2.75, 3.05) is 0 Å². The Labute approximate surface area is 93.8 Å². The molecule has 14 heavy (non-hydrogen) atoms. The van der Waals surface area contributed by atoms with Crippen molar-refractivity contribution in [3.8, 4) is 12.3 Å². The summed E-state index contributed by atoms with van der Waals surface area (Å²) in [4.78, 5) is 0. The molecule has 0 saturated carbocycles. The van der Waals surface area contributed by atoms with Crippen LogP contribution in [0.2, 0.25) is 10.0 Å². The fraction of sp³-hybridized carbons (Fsp3) is 0.0833. The van der Waals surface area contributed by atoms with Gasteiger partial charge in [0.2, 0.25) is 0 Å². The van der Waals surface area contributed by atoms with Gasteiger partial charge in [-0.3, -0.25) is 0 Å². The van der Waals surface area contributed by atoms with Crippen LogP contribution in [-0.2, 0) is 6.42 Å². The lowest BCUT2D eigenvalue weighted by Gasteiger charge is -2.03. The zero-order valence-corrected chi connectivity index (χ0v) is 8.99. The molecule has 0 nitrogen and oxygen atoms in total. The molecule has 1 rings (SSSR count). The van der Waals surface area contributed by atoms with E-state index in [0.29, 0.717) is 16.5 Å². The van der Waals surface area contributed by atoms with Crippen LogP contribution in [0, 0.1) is 12.3 Å². The maximum Gasteiger partial charge on any atom is 0.0502 e. The number of rotatable bonds is 2. The van der Waals surface area contributed by atoms with Crippen LogP contribution < -0.4 is 0 Å². The molecule has 1 aromatic carbocycles. The van der Waals surface area contributed by atoms with Crippen molar-refractivity contribution < 1.29 is 0 Å². The highest BCUT2D eigenvalue weighted by molar-refractivity contribution is 6.37. The maximum absolute atomic E-state index is 6.00. The summed E-state index contributed by atoms with van der Waals surface area (Å²) >= 11 is 12.0. The van der Waals surface area contributed by atoms with E-state index in [1.165, 1.54) is 0 Å². The van der Waals surface area contributed by atoms with Crippen molar-refractivity contribution in [3.63, 3.8) is 0 Å². The van der Waals surface area contributed by atoms with Crippen molar-refractivity contribution in [2.45, 2.75) is 6.42 Å². The second-order valence-electron chi connectivity index (χ2n) is 2.70. The van der Waals surface area contributed by atoms with Crippen LogP contribution in [0.3, 0.4) is 0 Å². The average molecular weight is 223 g/mol. The van der Waals surface area contributed by atoms with Crippen molar-refractivity contribution in [3.05, 3.63) is 45.6 Å². The van der Waals surface area contributed by atoms with Crippen LogP contribution in [0.25, 0.3) is 6.08 Å². The number of terminal acetylenes is 1. The fourth-order valence-electron chi connectivity index (χ4n) is 1.10. The Kier molecular flexibility index (Phi) is 3.86. The van der Waals surface area contributed by atoms with Crippen LogP contribution in [0.15, 0.2) is 24.4 Å². The van der Waals surface area contributed by atoms with E-state index in [4.69, 9.17) is 29.6 Å². The highest BCUT2D eigenvalue weighted by Crippen LogP contribution is 2.27. The van der Waals surface area contributed by atoms with Crippen LogP contribution in [-0.4, -0.2) is 0 Å². The molecule has 70 valence electrons. The van der Waals surface area contributed by atoms with Gasteiger partial charge < -0.3 is 0 Å². The monoisotopic (exact) mass is 222 g/mol. The Morgan fingerprint density at radius 3 is 2.36 bits per heavy atom. The third-order valence-electron chi connectivity index (χ3n) is 1.69. The SMILES string of the molecule is C#CCc1cc(Cl)c(C=C=C)c(Cl)c1. The van der Waals surface area contributed by atoms with Gasteiger partial charge in [0.15, 0.2) is 0 Å². The lowest BCUT2D eigenvalue weighted by Crippen LogP contribution is -1.85. The Bertz CT molecular complexity index is 409. The molecule has 0 unspecified atom stereocenters. The molecule has 0 N–H and O–H groups in total. The molecular formula is C12H8Cl2. The van der Waals surface area contributed by atoms with E-state index < -0.39 is 0 Å². The number of hydrogen-bond donors (Lipinski definition) is 0. The summed E-state index contributed by atoms with van der Waals surface area (Å²) in [5, 5.41) is 1.14. The standard InChI is InChI=1S/C12H8Cl2/c1-3-5-9-7-11(13)10(6-4-2)12(14)8-9/h1,6-8H,2,5H2.